The van der Waals surface area contributed by atoms with Crippen molar-refractivity contribution in [3.05, 3.63) is 34.3 Å². The third-order valence-electron chi connectivity index (χ3n) is 3.16. The molecule has 0 saturated carbocycles. The van der Waals surface area contributed by atoms with Crippen molar-refractivity contribution in [1.29, 1.82) is 0 Å². The summed E-state index contributed by atoms with van der Waals surface area (Å²) in [6.07, 6.45) is 2.55. The highest BCUT2D eigenvalue weighted by atomic mass is 32.1. The number of carbonyl (C=O) groups excluding carboxylic acids is 1. The van der Waals surface area contributed by atoms with Gasteiger partial charge in [-0.1, -0.05) is 24.3 Å². The van der Waals surface area contributed by atoms with Crippen molar-refractivity contribution in [3.8, 4) is 11.5 Å². The van der Waals surface area contributed by atoms with E-state index in [9.17, 15) is 4.79 Å². The van der Waals surface area contributed by atoms with Gasteiger partial charge in [-0.3, -0.25) is 10.2 Å². The molecule has 0 aliphatic heterocycles. The first-order valence-corrected chi connectivity index (χ1v) is 8.45. The number of Topliss-reactive ketones (excluding diaryl/α,β-unsaturated/α-hetero) is 1. The van der Waals surface area contributed by atoms with E-state index < -0.39 is 0 Å². The van der Waals surface area contributed by atoms with Gasteiger partial charge in [-0.05, 0) is 25.5 Å². The third-order valence-corrected chi connectivity index (χ3v) is 4.32. The number of hydrogen-bond acceptors (Lipinski definition) is 7. The Kier molecular flexibility index (Phi) is 6.31. The van der Waals surface area contributed by atoms with Crippen molar-refractivity contribution >= 4 is 28.5 Å². The molecule has 0 atom stereocenters. The van der Waals surface area contributed by atoms with Crippen LogP contribution in [0.25, 0.3) is 0 Å². The maximum Gasteiger partial charge on any atom is 0.204 e. The second-order valence-electron chi connectivity index (χ2n) is 5.09. The maximum absolute atomic E-state index is 11.5. The second-order valence-corrected chi connectivity index (χ2v) is 6.09. The topological polar surface area (TPSA) is 72.8 Å². The number of carbonyl (C=O) groups is 1. The summed E-state index contributed by atoms with van der Waals surface area (Å²) in [6, 6.07) is 5.62. The maximum atomic E-state index is 11.5. The van der Waals surface area contributed by atoms with Gasteiger partial charge in [0.2, 0.25) is 5.13 Å². The van der Waals surface area contributed by atoms with Gasteiger partial charge in [0.15, 0.2) is 17.3 Å². The number of aryl methyl sites for hydroxylation is 1. The number of hydrogen-bond donors (Lipinski definition) is 1. The normalized spacial score (nSPS) is 10.8. The van der Waals surface area contributed by atoms with Crippen molar-refractivity contribution in [3.63, 3.8) is 0 Å². The number of rotatable bonds is 8. The van der Waals surface area contributed by atoms with E-state index in [2.05, 4.69) is 15.5 Å². The van der Waals surface area contributed by atoms with Gasteiger partial charge >= 0.3 is 0 Å². The molecule has 2 rings (SSSR count). The first-order valence-electron chi connectivity index (χ1n) is 7.64. The van der Waals surface area contributed by atoms with E-state index in [0.29, 0.717) is 33.8 Å². The van der Waals surface area contributed by atoms with Gasteiger partial charge in [-0.2, -0.15) is 5.10 Å². The van der Waals surface area contributed by atoms with Crippen LogP contribution < -0.4 is 14.9 Å². The number of para-hydroxylation sites is 1. The fourth-order valence-corrected chi connectivity index (χ4v) is 2.89. The number of hydrazone groups is 1. The Morgan fingerprint density at radius 2 is 2.25 bits per heavy atom. The molecular formula is C17H21N3O3S. The van der Waals surface area contributed by atoms with Gasteiger partial charge in [0, 0.05) is 12.5 Å². The summed E-state index contributed by atoms with van der Waals surface area (Å²) < 4.78 is 11.1. The fourth-order valence-electron chi connectivity index (χ4n) is 2.08. The molecule has 0 spiro atoms. The Balaban J connectivity index is 2.16. The van der Waals surface area contributed by atoms with E-state index in [4.69, 9.17) is 9.47 Å². The predicted octanol–water partition coefficient (Wildman–Crippen LogP) is 3.90. The highest BCUT2D eigenvalue weighted by Gasteiger charge is 2.11. The molecule has 0 amide bonds. The summed E-state index contributed by atoms with van der Waals surface area (Å²) >= 11 is 1.29. The number of ether oxygens (including phenoxy) is 2. The average Bonchev–Trinajstić information content (AvgIpc) is 2.94. The minimum Gasteiger partial charge on any atom is -0.493 e. The van der Waals surface area contributed by atoms with Crippen LogP contribution in [-0.4, -0.2) is 30.7 Å². The van der Waals surface area contributed by atoms with E-state index >= 15 is 0 Å². The lowest BCUT2D eigenvalue weighted by molar-refractivity contribution is 0.102. The minimum absolute atomic E-state index is 0.00470. The molecule has 2 aromatic rings. The lowest BCUT2D eigenvalue weighted by atomic mass is 10.2. The van der Waals surface area contributed by atoms with Gasteiger partial charge < -0.3 is 9.47 Å². The van der Waals surface area contributed by atoms with E-state index in [1.54, 1.807) is 20.2 Å². The van der Waals surface area contributed by atoms with Crippen LogP contribution in [0.5, 0.6) is 11.5 Å². The third kappa shape index (κ3) is 4.32. The molecule has 6 nitrogen and oxygen atoms in total. The molecule has 0 fully saturated rings. The summed E-state index contributed by atoms with van der Waals surface area (Å²) in [5.74, 6) is 1.33. The molecule has 0 bridgehead atoms. The van der Waals surface area contributed by atoms with Crippen molar-refractivity contribution in [2.24, 2.45) is 5.10 Å². The molecule has 24 heavy (non-hydrogen) atoms. The summed E-state index contributed by atoms with van der Waals surface area (Å²) in [4.78, 5) is 16.4. The van der Waals surface area contributed by atoms with Gasteiger partial charge in [-0.25, -0.2) is 4.98 Å². The number of aromatic nitrogens is 1. The number of nitrogens with zero attached hydrogens (tertiary/aromatic N) is 2. The summed E-state index contributed by atoms with van der Waals surface area (Å²) in [5, 5.41) is 4.77. The predicted molar refractivity (Wildman–Crippen MR) is 96.9 cm³/mol. The Hall–Kier alpha value is -2.41. The van der Waals surface area contributed by atoms with E-state index in [1.807, 2.05) is 25.1 Å². The Morgan fingerprint density at radius 3 is 2.88 bits per heavy atom. The average molecular weight is 347 g/mol. The van der Waals surface area contributed by atoms with Crippen molar-refractivity contribution < 1.29 is 14.3 Å². The van der Waals surface area contributed by atoms with Crippen LogP contribution in [0.4, 0.5) is 5.13 Å². The standard InChI is InChI=1S/C17H21N3O3S/c1-5-9-23-15-13(7-6-8-14(15)22-4)10-18-20-17-19-11(2)16(24-17)12(3)21/h6-8,10H,5,9H2,1-4H3,(H,19,20)/b18-10-. The molecule has 1 aromatic heterocycles. The quantitative estimate of drug-likeness (QED) is 0.445. The van der Waals surface area contributed by atoms with Crippen LogP contribution >= 0.6 is 11.3 Å². The van der Waals surface area contributed by atoms with E-state index in [0.717, 1.165) is 12.0 Å². The summed E-state index contributed by atoms with van der Waals surface area (Å²) in [7, 11) is 1.61. The first kappa shape index (κ1) is 17.9. The zero-order chi connectivity index (χ0) is 17.5. The summed E-state index contributed by atoms with van der Waals surface area (Å²) in [5.41, 5.74) is 4.37. The second kappa shape index (κ2) is 8.44. The smallest absolute Gasteiger partial charge is 0.204 e. The molecule has 128 valence electrons. The fraction of sp³-hybridized carbons (Fsp3) is 0.353. The van der Waals surface area contributed by atoms with Crippen molar-refractivity contribution in [1.82, 2.24) is 4.98 Å². The zero-order valence-electron chi connectivity index (χ0n) is 14.3. The Morgan fingerprint density at radius 1 is 1.46 bits per heavy atom. The number of nitrogens with one attached hydrogen (secondary N) is 1. The summed E-state index contributed by atoms with van der Waals surface area (Å²) in [6.45, 7) is 5.98. The number of thiazole rings is 1. The minimum atomic E-state index is 0.00470. The van der Waals surface area contributed by atoms with Crippen LogP contribution in [0.3, 0.4) is 0 Å². The molecule has 0 radical (unpaired) electrons. The largest absolute Gasteiger partial charge is 0.493 e. The molecule has 0 unspecified atom stereocenters. The van der Waals surface area contributed by atoms with Gasteiger partial charge in [0.05, 0.1) is 30.5 Å². The molecular weight excluding hydrogens is 326 g/mol. The van der Waals surface area contributed by atoms with Crippen LogP contribution in [0, 0.1) is 6.92 Å². The first-order chi connectivity index (χ1) is 11.6. The van der Waals surface area contributed by atoms with Crippen molar-refractivity contribution in [2.45, 2.75) is 27.2 Å². The molecule has 7 heteroatoms. The van der Waals surface area contributed by atoms with Gasteiger partial charge in [0.25, 0.3) is 0 Å². The molecule has 1 aromatic carbocycles. The Labute approximate surface area is 145 Å². The van der Waals surface area contributed by atoms with E-state index in [-0.39, 0.29) is 5.78 Å². The lowest BCUT2D eigenvalue weighted by Crippen LogP contribution is -2.01. The number of methoxy groups -OCH3 is 1. The van der Waals surface area contributed by atoms with Crippen LogP contribution in [0.1, 0.15) is 41.2 Å². The number of ketones is 1. The molecule has 0 aliphatic rings. The SMILES string of the molecule is CCCOc1c(/C=N\Nc2nc(C)c(C(C)=O)s2)cccc1OC. The van der Waals surface area contributed by atoms with Crippen LogP contribution in [0.15, 0.2) is 23.3 Å². The highest BCUT2D eigenvalue weighted by Crippen LogP contribution is 2.30. The molecule has 1 N–H and O–H groups in total. The molecule has 0 aliphatic carbocycles. The van der Waals surface area contributed by atoms with Crippen molar-refractivity contribution in [2.75, 3.05) is 19.1 Å². The molecule has 0 saturated heterocycles. The van der Waals surface area contributed by atoms with Gasteiger partial charge in [0.1, 0.15) is 0 Å². The zero-order valence-corrected chi connectivity index (χ0v) is 15.1. The Bertz CT molecular complexity index is 741. The monoisotopic (exact) mass is 347 g/mol. The molecule has 1 heterocycles. The highest BCUT2D eigenvalue weighted by molar-refractivity contribution is 7.17. The van der Waals surface area contributed by atoms with Crippen LogP contribution in [-0.2, 0) is 0 Å². The number of anilines is 1. The number of benzene rings is 1. The lowest BCUT2D eigenvalue weighted by Gasteiger charge is -2.12. The van der Waals surface area contributed by atoms with Crippen LogP contribution in [0.2, 0.25) is 0 Å². The van der Waals surface area contributed by atoms with Gasteiger partial charge in [-0.15, -0.1) is 0 Å². The van der Waals surface area contributed by atoms with E-state index in [1.165, 1.54) is 18.3 Å².